The molecule has 150 valence electrons. The summed E-state index contributed by atoms with van der Waals surface area (Å²) in [5.74, 6) is -0.0312. The van der Waals surface area contributed by atoms with E-state index in [0.717, 1.165) is 12.8 Å². The smallest absolute Gasteiger partial charge is 0.348 e. The number of amides is 1. The number of hydrogen-bond acceptors (Lipinski definition) is 4. The largest absolute Gasteiger partial charge is 0.451 e. The van der Waals surface area contributed by atoms with Gasteiger partial charge in [-0.2, -0.15) is 0 Å². The average Bonchev–Trinajstić information content (AvgIpc) is 3.09. The Kier molecular flexibility index (Phi) is 6.23. The van der Waals surface area contributed by atoms with Crippen LogP contribution < -0.4 is 5.32 Å². The number of benzene rings is 1. The summed E-state index contributed by atoms with van der Waals surface area (Å²) >= 11 is 1.51. The summed E-state index contributed by atoms with van der Waals surface area (Å²) in [6, 6.07) is 9.70. The minimum atomic E-state index is -0.411. The molecule has 1 amide bonds. The fourth-order valence-corrected chi connectivity index (χ4v) is 4.60. The van der Waals surface area contributed by atoms with Gasteiger partial charge in [-0.15, -0.1) is 11.3 Å². The molecule has 0 saturated heterocycles. The molecule has 0 aliphatic heterocycles. The van der Waals surface area contributed by atoms with Crippen LogP contribution in [-0.4, -0.2) is 18.5 Å². The van der Waals surface area contributed by atoms with Gasteiger partial charge in [-0.05, 0) is 59.9 Å². The maximum atomic E-state index is 12.3. The van der Waals surface area contributed by atoms with Crippen LogP contribution in [0.15, 0.2) is 30.3 Å². The third kappa shape index (κ3) is 5.02. The zero-order chi connectivity index (χ0) is 20.3. The highest BCUT2D eigenvalue weighted by atomic mass is 32.1. The van der Waals surface area contributed by atoms with Crippen molar-refractivity contribution in [3.05, 3.63) is 51.2 Å². The van der Waals surface area contributed by atoms with Crippen LogP contribution in [-0.2, 0) is 27.8 Å². The predicted octanol–water partition coefficient (Wildman–Crippen LogP) is 5.36. The Labute approximate surface area is 171 Å². The van der Waals surface area contributed by atoms with Crippen LogP contribution in [0, 0.1) is 5.92 Å². The molecule has 1 atom stereocenters. The Morgan fingerprint density at radius 2 is 1.93 bits per heavy atom. The van der Waals surface area contributed by atoms with Crippen LogP contribution in [0.4, 0.5) is 5.69 Å². The topological polar surface area (TPSA) is 55.4 Å². The quantitative estimate of drug-likeness (QED) is 0.689. The first-order chi connectivity index (χ1) is 13.3. The number of esters is 1. The molecule has 1 aliphatic rings. The van der Waals surface area contributed by atoms with Crippen LogP contribution in [0.3, 0.4) is 0 Å². The van der Waals surface area contributed by atoms with E-state index in [1.807, 2.05) is 30.3 Å². The van der Waals surface area contributed by atoms with E-state index < -0.39 is 5.97 Å². The third-order valence-corrected chi connectivity index (χ3v) is 6.55. The molecule has 0 saturated carbocycles. The van der Waals surface area contributed by atoms with Crippen LogP contribution in [0.25, 0.3) is 0 Å². The van der Waals surface area contributed by atoms with E-state index >= 15 is 0 Å². The van der Waals surface area contributed by atoms with Crippen LogP contribution in [0.5, 0.6) is 0 Å². The van der Waals surface area contributed by atoms with E-state index in [2.05, 4.69) is 33.0 Å². The first-order valence-corrected chi connectivity index (χ1v) is 10.8. The Hall–Kier alpha value is -2.14. The van der Waals surface area contributed by atoms with Crippen molar-refractivity contribution in [1.82, 2.24) is 0 Å². The van der Waals surface area contributed by atoms with Gasteiger partial charge in [0.25, 0.3) is 5.91 Å². The van der Waals surface area contributed by atoms with Crippen molar-refractivity contribution in [3.63, 3.8) is 0 Å². The minimum absolute atomic E-state index is 0.0646. The van der Waals surface area contributed by atoms with Gasteiger partial charge in [-0.25, -0.2) is 4.79 Å². The number of nitrogens with one attached hydrogen (secondary N) is 1. The van der Waals surface area contributed by atoms with E-state index in [1.54, 1.807) is 0 Å². The first-order valence-electron chi connectivity index (χ1n) is 9.95. The summed E-state index contributed by atoms with van der Waals surface area (Å²) < 4.78 is 5.23. The van der Waals surface area contributed by atoms with Crippen LogP contribution >= 0.6 is 11.3 Å². The summed E-state index contributed by atoms with van der Waals surface area (Å²) in [6.07, 6.45) is 4.44. The number of aryl methyl sites for hydroxylation is 1. The molecule has 28 heavy (non-hydrogen) atoms. The lowest BCUT2D eigenvalue weighted by Gasteiger charge is -2.19. The zero-order valence-corrected chi connectivity index (χ0v) is 17.9. The summed E-state index contributed by atoms with van der Waals surface area (Å²) in [6.45, 7) is 8.37. The van der Waals surface area contributed by atoms with Crippen molar-refractivity contribution in [2.24, 2.45) is 5.92 Å². The van der Waals surface area contributed by atoms with E-state index in [4.69, 9.17) is 4.74 Å². The Morgan fingerprint density at radius 3 is 2.57 bits per heavy atom. The normalized spacial score (nSPS) is 16.4. The molecule has 1 aromatic carbocycles. The Balaban J connectivity index is 1.52. The second-order valence-electron chi connectivity index (χ2n) is 8.53. The van der Waals surface area contributed by atoms with Gasteiger partial charge in [-0.1, -0.05) is 46.2 Å². The van der Waals surface area contributed by atoms with E-state index in [-0.39, 0.29) is 17.9 Å². The number of hydrogen-bond donors (Lipinski definition) is 1. The zero-order valence-electron chi connectivity index (χ0n) is 17.1. The van der Waals surface area contributed by atoms with Gasteiger partial charge in [0.05, 0.1) is 0 Å². The van der Waals surface area contributed by atoms with Gasteiger partial charge >= 0.3 is 5.97 Å². The maximum absolute atomic E-state index is 12.3. The summed E-state index contributed by atoms with van der Waals surface area (Å²) in [7, 11) is 0. The van der Waals surface area contributed by atoms with Crippen molar-refractivity contribution in [2.75, 3.05) is 11.9 Å². The van der Waals surface area contributed by atoms with Crippen LogP contribution in [0.2, 0.25) is 0 Å². The molecule has 4 nitrogen and oxygen atoms in total. The highest BCUT2D eigenvalue weighted by molar-refractivity contribution is 7.14. The van der Waals surface area contributed by atoms with Crippen molar-refractivity contribution >= 4 is 28.9 Å². The van der Waals surface area contributed by atoms with Gasteiger partial charge in [0.15, 0.2) is 6.61 Å². The molecule has 0 unspecified atom stereocenters. The second kappa shape index (κ2) is 8.48. The number of anilines is 1. The lowest BCUT2D eigenvalue weighted by molar-refractivity contribution is -0.119. The third-order valence-electron chi connectivity index (χ3n) is 5.33. The van der Waals surface area contributed by atoms with Crippen LogP contribution in [0.1, 0.15) is 66.2 Å². The highest BCUT2D eigenvalue weighted by Gasteiger charge is 2.23. The van der Waals surface area contributed by atoms with E-state index in [9.17, 15) is 9.59 Å². The number of rotatable bonds is 5. The fourth-order valence-electron chi connectivity index (χ4n) is 3.50. The number of ether oxygens (including phenoxy) is 1. The second-order valence-corrected chi connectivity index (χ2v) is 9.66. The average molecular weight is 400 g/mol. The fraction of sp³-hybridized carbons (Fsp3) is 0.478. The van der Waals surface area contributed by atoms with Gasteiger partial charge in [-0.3, -0.25) is 4.79 Å². The molecule has 0 bridgehead atoms. The number of fused-ring (bicyclic) bond motifs is 1. The van der Waals surface area contributed by atoms with Crippen molar-refractivity contribution in [3.8, 4) is 0 Å². The van der Waals surface area contributed by atoms with Gasteiger partial charge in [0.1, 0.15) is 4.88 Å². The standard InChI is InChI=1S/C23H29NO3S/c1-5-15-6-11-19-16(12-15)13-20(28-19)22(26)27-14-21(25)24-18-9-7-17(8-10-18)23(2,3)4/h7-10,13,15H,5-6,11-12,14H2,1-4H3,(H,24,25)/t15-/m1/s1. The van der Waals surface area contributed by atoms with E-state index in [1.165, 1.54) is 40.2 Å². The molecule has 1 aromatic heterocycles. The highest BCUT2D eigenvalue weighted by Crippen LogP contribution is 2.33. The molecular weight excluding hydrogens is 370 g/mol. The maximum Gasteiger partial charge on any atom is 0.348 e. The lowest BCUT2D eigenvalue weighted by atomic mass is 9.87. The van der Waals surface area contributed by atoms with Gasteiger partial charge < -0.3 is 10.1 Å². The minimum Gasteiger partial charge on any atom is -0.451 e. The molecule has 2 aromatic rings. The number of carbonyl (C=O) groups is 2. The molecule has 3 rings (SSSR count). The predicted molar refractivity (Wildman–Crippen MR) is 114 cm³/mol. The molecule has 0 fully saturated rings. The summed E-state index contributed by atoms with van der Waals surface area (Å²) in [4.78, 5) is 26.3. The molecular formula is C23H29NO3S. The Bertz CT molecular complexity index is 846. The van der Waals surface area contributed by atoms with Crippen molar-refractivity contribution in [1.29, 1.82) is 0 Å². The van der Waals surface area contributed by atoms with Crippen molar-refractivity contribution in [2.45, 2.75) is 58.8 Å². The monoisotopic (exact) mass is 399 g/mol. The number of carbonyl (C=O) groups excluding carboxylic acids is 2. The molecule has 1 aliphatic carbocycles. The molecule has 0 radical (unpaired) electrons. The summed E-state index contributed by atoms with van der Waals surface area (Å²) in [5.41, 5.74) is 3.24. The van der Waals surface area contributed by atoms with E-state index in [0.29, 0.717) is 16.5 Å². The molecule has 0 spiro atoms. The first kappa shape index (κ1) is 20.6. The number of thiophene rings is 1. The van der Waals surface area contributed by atoms with Crippen molar-refractivity contribution < 1.29 is 14.3 Å². The summed E-state index contributed by atoms with van der Waals surface area (Å²) in [5, 5.41) is 2.78. The molecule has 1 heterocycles. The molecule has 5 heteroatoms. The lowest BCUT2D eigenvalue weighted by Crippen LogP contribution is -2.20. The van der Waals surface area contributed by atoms with Gasteiger partial charge in [0.2, 0.25) is 0 Å². The SMILES string of the molecule is CC[C@@H]1CCc2sc(C(=O)OCC(=O)Nc3ccc(C(C)(C)C)cc3)cc2C1. The molecule has 1 N–H and O–H groups in total. The van der Waals surface area contributed by atoms with Gasteiger partial charge in [0, 0.05) is 10.6 Å². The Morgan fingerprint density at radius 1 is 1.21 bits per heavy atom.